The Labute approximate surface area is 148 Å². The lowest BCUT2D eigenvalue weighted by atomic mass is 10.2. The maximum absolute atomic E-state index is 12.2. The normalized spacial score (nSPS) is 14.1. The highest BCUT2D eigenvalue weighted by atomic mass is 16.5. The zero-order valence-electron chi connectivity index (χ0n) is 14.6. The van der Waals surface area contributed by atoms with E-state index in [9.17, 15) is 4.79 Å². The molecule has 0 radical (unpaired) electrons. The Bertz CT molecular complexity index is 725. The average molecular weight is 340 g/mol. The van der Waals surface area contributed by atoms with Gasteiger partial charge in [-0.2, -0.15) is 0 Å². The van der Waals surface area contributed by atoms with Crippen molar-refractivity contribution in [3.05, 3.63) is 48.0 Å². The van der Waals surface area contributed by atoms with Crippen molar-refractivity contribution in [2.75, 3.05) is 48.8 Å². The smallest absolute Gasteiger partial charge is 0.323 e. The van der Waals surface area contributed by atoms with E-state index in [0.29, 0.717) is 11.4 Å². The molecule has 0 bridgehead atoms. The molecule has 1 aliphatic heterocycles. The van der Waals surface area contributed by atoms with E-state index in [4.69, 9.17) is 4.74 Å². The van der Waals surface area contributed by atoms with E-state index in [1.165, 1.54) is 5.69 Å². The van der Waals surface area contributed by atoms with Crippen molar-refractivity contribution < 1.29 is 9.53 Å². The van der Waals surface area contributed by atoms with E-state index in [2.05, 4.69) is 20.9 Å². The summed E-state index contributed by atoms with van der Waals surface area (Å²) in [5, 5.41) is 9.01. The SMILES string of the molecule is COc1cc(C)ccc1NC(=O)Nc1ccc(N2CCNCC2)cc1. The van der Waals surface area contributed by atoms with Crippen molar-refractivity contribution in [1.29, 1.82) is 0 Å². The molecule has 0 aromatic heterocycles. The molecule has 0 unspecified atom stereocenters. The molecule has 2 amide bonds. The second-order valence-corrected chi connectivity index (χ2v) is 6.07. The number of methoxy groups -OCH3 is 1. The summed E-state index contributed by atoms with van der Waals surface area (Å²) in [7, 11) is 1.59. The summed E-state index contributed by atoms with van der Waals surface area (Å²) in [5.41, 5.74) is 3.64. The van der Waals surface area contributed by atoms with Gasteiger partial charge in [-0.25, -0.2) is 4.79 Å². The van der Waals surface area contributed by atoms with Gasteiger partial charge in [0.05, 0.1) is 12.8 Å². The van der Waals surface area contributed by atoms with Crippen LogP contribution in [0.4, 0.5) is 21.9 Å². The minimum atomic E-state index is -0.294. The van der Waals surface area contributed by atoms with Gasteiger partial charge in [0.15, 0.2) is 0 Å². The Kier molecular flexibility index (Phi) is 5.40. The fourth-order valence-electron chi connectivity index (χ4n) is 2.86. The van der Waals surface area contributed by atoms with E-state index in [1.54, 1.807) is 7.11 Å². The third-order valence-corrected chi connectivity index (χ3v) is 4.21. The Morgan fingerprint density at radius 3 is 2.48 bits per heavy atom. The van der Waals surface area contributed by atoms with Crippen LogP contribution < -0.4 is 25.6 Å². The lowest BCUT2D eigenvalue weighted by Crippen LogP contribution is -2.43. The van der Waals surface area contributed by atoms with Crippen molar-refractivity contribution in [2.24, 2.45) is 0 Å². The van der Waals surface area contributed by atoms with E-state index >= 15 is 0 Å². The van der Waals surface area contributed by atoms with Gasteiger partial charge >= 0.3 is 6.03 Å². The number of carbonyl (C=O) groups is 1. The van der Waals surface area contributed by atoms with Crippen LogP contribution in [0.15, 0.2) is 42.5 Å². The first-order valence-corrected chi connectivity index (χ1v) is 8.44. The monoisotopic (exact) mass is 340 g/mol. The van der Waals surface area contributed by atoms with Gasteiger partial charge in [0.25, 0.3) is 0 Å². The van der Waals surface area contributed by atoms with Gasteiger partial charge in [-0.15, -0.1) is 0 Å². The highest BCUT2D eigenvalue weighted by Crippen LogP contribution is 2.25. The quantitative estimate of drug-likeness (QED) is 0.800. The molecule has 3 rings (SSSR count). The highest BCUT2D eigenvalue weighted by Gasteiger charge is 2.11. The lowest BCUT2D eigenvalue weighted by Gasteiger charge is -2.29. The number of aryl methyl sites for hydroxylation is 1. The van der Waals surface area contributed by atoms with Crippen molar-refractivity contribution in [3.63, 3.8) is 0 Å². The summed E-state index contributed by atoms with van der Waals surface area (Å²) >= 11 is 0. The molecule has 0 atom stereocenters. The number of nitrogens with zero attached hydrogens (tertiary/aromatic N) is 1. The Morgan fingerprint density at radius 2 is 1.80 bits per heavy atom. The summed E-state index contributed by atoms with van der Waals surface area (Å²) in [6.45, 7) is 5.98. The van der Waals surface area contributed by atoms with E-state index < -0.39 is 0 Å². The Balaban J connectivity index is 1.61. The summed E-state index contributed by atoms with van der Waals surface area (Å²) in [4.78, 5) is 14.6. The standard InChI is InChI=1S/C19H24N4O2/c1-14-3-8-17(18(13-14)25-2)22-19(24)21-15-4-6-16(7-5-15)23-11-9-20-10-12-23/h3-8,13,20H,9-12H2,1-2H3,(H2,21,22,24). The number of ether oxygens (including phenoxy) is 1. The Hall–Kier alpha value is -2.73. The molecule has 0 saturated carbocycles. The first-order valence-electron chi connectivity index (χ1n) is 8.44. The molecule has 1 fully saturated rings. The number of hydrogen-bond acceptors (Lipinski definition) is 4. The fourth-order valence-corrected chi connectivity index (χ4v) is 2.86. The number of piperazine rings is 1. The van der Waals surface area contributed by atoms with Crippen molar-refractivity contribution in [2.45, 2.75) is 6.92 Å². The van der Waals surface area contributed by atoms with Gasteiger partial charge in [-0.1, -0.05) is 6.07 Å². The van der Waals surface area contributed by atoms with Gasteiger partial charge in [0.2, 0.25) is 0 Å². The number of urea groups is 1. The molecule has 0 aliphatic carbocycles. The zero-order valence-corrected chi connectivity index (χ0v) is 14.6. The highest BCUT2D eigenvalue weighted by molar-refractivity contribution is 6.00. The predicted molar refractivity (Wildman–Crippen MR) is 102 cm³/mol. The van der Waals surface area contributed by atoms with Gasteiger partial charge in [0, 0.05) is 37.6 Å². The van der Waals surface area contributed by atoms with Crippen molar-refractivity contribution >= 4 is 23.1 Å². The Morgan fingerprint density at radius 1 is 1.08 bits per heavy atom. The molecule has 1 heterocycles. The molecule has 0 spiro atoms. The first kappa shape index (κ1) is 17.1. The molecule has 1 saturated heterocycles. The molecule has 2 aromatic rings. The topological polar surface area (TPSA) is 65.6 Å². The van der Waals surface area contributed by atoms with Crippen LogP contribution in [0.5, 0.6) is 5.75 Å². The van der Waals surface area contributed by atoms with Crippen LogP contribution in [0.25, 0.3) is 0 Å². The van der Waals surface area contributed by atoms with E-state index in [1.807, 2.05) is 49.4 Å². The second kappa shape index (κ2) is 7.90. The van der Waals surface area contributed by atoms with Gasteiger partial charge in [0.1, 0.15) is 5.75 Å². The van der Waals surface area contributed by atoms with Crippen molar-refractivity contribution in [1.82, 2.24) is 5.32 Å². The van der Waals surface area contributed by atoms with E-state index in [-0.39, 0.29) is 6.03 Å². The third-order valence-electron chi connectivity index (χ3n) is 4.21. The largest absolute Gasteiger partial charge is 0.495 e. The van der Waals surface area contributed by atoms with Gasteiger partial charge in [-0.3, -0.25) is 0 Å². The number of anilines is 3. The van der Waals surface area contributed by atoms with Crippen LogP contribution in [-0.2, 0) is 0 Å². The number of benzene rings is 2. The summed E-state index contributed by atoms with van der Waals surface area (Å²) < 4.78 is 5.31. The molecule has 2 aromatic carbocycles. The second-order valence-electron chi connectivity index (χ2n) is 6.07. The molecule has 6 heteroatoms. The van der Waals surface area contributed by atoms with Gasteiger partial charge < -0.3 is 25.6 Å². The lowest BCUT2D eigenvalue weighted by molar-refractivity contribution is 0.262. The first-order chi connectivity index (χ1) is 12.2. The van der Waals surface area contributed by atoms with Crippen LogP contribution in [0.1, 0.15) is 5.56 Å². The minimum Gasteiger partial charge on any atom is -0.495 e. The number of carbonyl (C=O) groups excluding carboxylic acids is 1. The third kappa shape index (κ3) is 4.42. The summed E-state index contributed by atoms with van der Waals surface area (Å²) in [6, 6.07) is 13.3. The number of nitrogens with one attached hydrogen (secondary N) is 3. The minimum absolute atomic E-state index is 0.294. The maximum Gasteiger partial charge on any atom is 0.323 e. The van der Waals surface area contributed by atoms with Crippen LogP contribution in [0.2, 0.25) is 0 Å². The predicted octanol–water partition coefficient (Wildman–Crippen LogP) is 3.06. The van der Waals surface area contributed by atoms with E-state index in [0.717, 1.165) is 37.4 Å². The number of rotatable bonds is 4. The summed E-state index contributed by atoms with van der Waals surface area (Å²) in [5.74, 6) is 0.643. The fraction of sp³-hybridized carbons (Fsp3) is 0.316. The molecule has 132 valence electrons. The summed E-state index contributed by atoms with van der Waals surface area (Å²) in [6.07, 6.45) is 0. The van der Waals surface area contributed by atoms with Crippen molar-refractivity contribution in [3.8, 4) is 5.75 Å². The van der Waals surface area contributed by atoms with Crippen LogP contribution in [0, 0.1) is 6.92 Å². The molecule has 1 aliphatic rings. The number of hydrogen-bond donors (Lipinski definition) is 3. The molecule has 3 N–H and O–H groups in total. The van der Waals surface area contributed by atoms with Crippen LogP contribution in [-0.4, -0.2) is 39.3 Å². The number of amides is 2. The molecule has 25 heavy (non-hydrogen) atoms. The van der Waals surface area contributed by atoms with Crippen LogP contribution >= 0.6 is 0 Å². The molecular formula is C19H24N4O2. The van der Waals surface area contributed by atoms with Gasteiger partial charge in [-0.05, 0) is 48.9 Å². The van der Waals surface area contributed by atoms with Crippen LogP contribution in [0.3, 0.4) is 0 Å². The molecular weight excluding hydrogens is 316 g/mol. The zero-order chi connectivity index (χ0) is 17.6. The average Bonchev–Trinajstić information content (AvgIpc) is 2.64. The maximum atomic E-state index is 12.2. The molecule has 6 nitrogen and oxygen atoms in total.